The largest absolute Gasteiger partial charge is 0.488 e. The Balaban J connectivity index is 1.62. The number of ether oxygens (including phenoxy) is 2. The van der Waals surface area contributed by atoms with Crippen molar-refractivity contribution in [2.24, 2.45) is 0 Å². The van der Waals surface area contributed by atoms with Crippen molar-refractivity contribution in [1.29, 1.82) is 0 Å². The van der Waals surface area contributed by atoms with Crippen LogP contribution in [-0.2, 0) is 22.6 Å². The number of nitrogens with zero attached hydrogens (tertiary/aromatic N) is 3. The third-order valence-electron chi connectivity index (χ3n) is 5.96. The van der Waals surface area contributed by atoms with Crippen LogP contribution in [0.15, 0.2) is 59.9 Å². The number of carbonyl (C=O) groups is 1. The van der Waals surface area contributed by atoms with E-state index in [9.17, 15) is 4.79 Å². The molecular formula is C26H31N3O3S. The van der Waals surface area contributed by atoms with Gasteiger partial charge in [0.2, 0.25) is 0 Å². The summed E-state index contributed by atoms with van der Waals surface area (Å²) < 4.78 is 15.5. The summed E-state index contributed by atoms with van der Waals surface area (Å²) in [6, 6.07) is 14.7. The van der Waals surface area contributed by atoms with Gasteiger partial charge >= 0.3 is 5.97 Å². The molecule has 0 bridgehead atoms. The Kier molecular flexibility index (Phi) is 7.40. The third-order valence-corrected chi connectivity index (χ3v) is 7.03. The van der Waals surface area contributed by atoms with Gasteiger partial charge in [0.05, 0.1) is 30.4 Å². The molecule has 0 aliphatic carbocycles. The smallest absolute Gasteiger partial charge is 0.306 e. The first kappa shape index (κ1) is 23.4. The topological polar surface area (TPSA) is 56.6 Å². The molecule has 174 valence electrons. The second-order valence-corrected chi connectivity index (χ2v) is 9.58. The Bertz CT molecular complexity index is 1110. The van der Waals surface area contributed by atoms with Gasteiger partial charge in [-0.25, -0.2) is 9.29 Å². The maximum atomic E-state index is 12.2. The summed E-state index contributed by atoms with van der Waals surface area (Å²) in [4.78, 5) is 17.9. The molecule has 2 atom stereocenters. The second kappa shape index (κ2) is 10.4. The molecule has 2 heterocycles. The molecule has 33 heavy (non-hydrogen) atoms. The monoisotopic (exact) mass is 465 g/mol. The van der Waals surface area contributed by atoms with Crippen molar-refractivity contribution >= 4 is 17.9 Å². The number of hydrogen-bond acceptors (Lipinski definition) is 6. The van der Waals surface area contributed by atoms with Gasteiger partial charge in [-0.3, -0.25) is 4.79 Å². The summed E-state index contributed by atoms with van der Waals surface area (Å²) in [7, 11) is 1.43. The van der Waals surface area contributed by atoms with Crippen LogP contribution in [-0.4, -0.2) is 39.6 Å². The zero-order valence-corrected chi connectivity index (χ0v) is 20.5. The van der Waals surface area contributed by atoms with Crippen molar-refractivity contribution in [1.82, 2.24) is 13.9 Å². The minimum absolute atomic E-state index is 0.0923. The molecule has 0 radical (unpaired) electrons. The summed E-state index contributed by atoms with van der Waals surface area (Å²) >= 11 is 1.73. The van der Waals surface area contributed by atoms with Crippen LogP contribution in [0, 0.1) is 6.92 Å². The molecule has 0 N–H and O–H groups in total. The molecule has 6 nitrogen and oxygen atoms in total. The predicted octanol–water partition coefficient (Wildman–Crippen LogP) is 5.20. The fourth-order valence-corrected chi connectivity index (χ4v) is 5.19. The van der Waals surface area contributed by atoms with Gasteiger partial charge < -0.3 is 14.0 Å². The van der Waals surface area contributed by atoms with Crippen LogP contribution in [0.25, 0.3) is 0 Å². The first-order chi connectivity index (χ1) is 16.0. The van der Waals surface area contributed by atoms with E-state index in [0.29, 0.717) is 0 Å². The van der Waals surface area contributed by atoms with Crippen molar-refractivity contribution < 1.29 is 14.3 Å². The zero-order valence-electron chi connectivity index (χ0n) is 19.7. The van der Waals surface area contributed by atoms with Crippen molar-refractivity contribution in [2.45, 2.75) is 57.2 Å². The molecule has 2 unspecified atom stereocenters. The Hall–Kier alpha value is -2.77. The summed E-state index contributed by atoms with van der Waals surface area (Å²) in [5, 5.41) is 0. The van der Waals surface area contributed by atoms with Crippen LogP contribution in [0.4, 0.5) is 0 Å². The van der Waals surface area contributed by atoms with E-state index in [4.69, 9.17) is 9.47 Å². The van der Waals surface area contributed by atoms with Crippen molar-refractivity contribution in [3.05, 3.63) is 77.4 Å². The first-order valence-corrected chi connectivity index (χ1v) is 12.1. The highest BCUT2D eigenvalue weighted by Crippen LogP contribution is 2.37. The number of aryl methyl sites for hydroxylation is 2. The van der Waals surface area contributed by atoms with Gasteiger partial charge in [-0.05, 0) is 61.5 Å². The van der Waals surface area contributed by atoms with Crippen molar-refractivity contribution in [2.75, 3.05) is 13.7 Å². The van der Waals surface area contributed by atoms with E-state index < -0.39 is 0 Å². The average Bonchev–Trinajstić information content (AvgIpc) is 3.22. The number of rotatable bonds is 7. The molecule has 1 aromatic heterocycles. The lowest BCUT2D eigenvalue weighted by Crippen LogP contribution is -2.27. The standard InChI is InChI=1S/C26H31N3O3S/c1-5-28-16-23(27-17-28)22(13-26(30)31-4)20-11-10-18(2)21(12-20)15-29-14-19(3)32-24-8-6-7-9-25(24)33-29/h6-12,16-17,19,22H,5,13-15H2,1-4H3. The van der Waals surface area contributed by atoms with Crippen LogP contribution in [0.2, 0.25) is 0 Å². The van der Waals surface area contributed by atoms with E-state index in [2.05, 4.69) is 54.3 Å². The molecule has 0 fully saturated rings. The third kappa shape index (κ3) is 5.60. The fourth-order valence-electron chi connectivity index (χ4n) is 4.08. The van der Waals surface area contributed by atoms with Gasteiger partial charge in [-0.1, -0.05) is 30.3 Å². The summed E-state index contributed by atoms with van der Waals surface area (Å²) in [5.41, 5.74) is 4.42. The number of esters is 1. The van der Waals surface area contributed by atoms with Crippen LogP contribution in [0.1, 0.15) is 48.6 Å². The Morgan fingerprint density at radius 2 is 2.12 bits per heavy atom. The number of hydrogen-bond donors (Lipinski definition) is 0. The molecule has 3 aromatic rings. The van der Waals surface area contributed by atoms with Crippen LogP contribution in [0.5, 0.6) is 5.75 Å². The van der Waals surface area contributed by atoms with Gasteiger partial charge in [0, 0.05) is 31.7 Å². The quantitative estimate of drug-likeness (QED) is 0.353. The lowest BCUT2D eigenvalue weighted by molar-refractivity contribution is -0.140. The highest BCUT2D eigenvalue weighted by molar-refractivity contribution is 7.97. The van der Waals surface area contributed by atoms with E-state index in [1.54, 1.807) is 11.9 Å². The van der Waals surface area contributed by atoms with E-state index >= 15 is 0 Å². The second-order valence-electron chi connectivity index (χ2n) is 8.44. The molecule has 1 aliphatic heterocycles. The first-order valence-electron chi connectivity index (χ1n) is 11.3. The molecule has 7 heteroatoms. The normalized spacial score (nSPS) is 17.0. The molecule has 0 saturated carbocycles. The summed E-state index contributed by atoms with van der Waals surface area (Å²) in [6.45, 7) is 8.75. The van der Waals surface area contributed by atoms with Gasteiger partial charge in [-0.15, -0.1) is 0 Å². The number of aromatic nitrogens is 2. The number of methoxy groups -OCH3 is 1. The van der Waals surface area contributed by atoms with E-state index in [1.807, 2.05) is 35.3 Å². The maximum absolute atomic E-state index is 12.2. The number of para-hydroxylation sites is 1. The predicted molar refractivity (Wildman–Crippen MR) is 130 cm³/mol. The highest BCUT2D eigenvalue weighted by atomic mass is 32.2. The molecule has 2 aromatic carbocycles. The number of carbonyl (C=O) groups excluding carboxylic acids is 1. The Morgan fingerprint density at radius 1 is 1.30 bits per heavy atom. The minimum atomic E-state index is -0.237. The lowest BCUT2D eigenvalue weighted by Gasteiger charge is -2.23. The molecule has 1 aliphatic rings. The maximum Gasteiger partial charge on any atom is 0.306 e. The van der Waals surface area contributed by atoms with Gasteiger partial charge in [0.25, 0.3) is 0 Å². The number of fused-ring (bicyclic) bond motifs is 1. The van der Waals surface area contributed by atoms with Crippen molar-refractivity contribution in [3.63, 3.8) is 0 Å². The molecule has 0 spiro atoms. The van der Waals surface area contributed by atoms with Crippen LogP contribution >= 0.6 is 11.9 Å². The highest BCUT2D eigenvalue weighted by Gasteiger charge is 2.24. The number of imidazole rings is 1. The molecule has 0 amide bonds. The summed E-state index contributed by atoms with van der Waals surface area (Å²) in [5.74, 6) is 0.552. The molecule has 4 rings (SSSR count). The van der Waals surface area contributed by atoms with Crippen LogP contribution in [0.3, 0.4) is 0 Å². The van der Waals surface area contributed by atoms with Crippen LogP contribution < -0.4 is 4.74 Å². The average molecular weight is 466 g/mol. The Morgan fingerprint density at radius 3 is 2.88 bits per heavy atom. The Labute approximate surface area is 200 Å². The molecular weight excluding hydrogens is 434 g/mol. The summed E-state index contributed by atoms with van der Waals surface area (Å²) in [6.07, 6.45) is 4.20. The zero-order chi connectivity index (χ0) is 23.4. The number of benzene rings is 2. The van der Waals surface area contributed by atoms with E-state index in [0.717, 1.165) is 41.5 Å². The van der Waals surface area contributed by atoms with Crippen molar-refractivity contribution in [3.8, 4) is 5.75 Å². The van der Waals surface area contributed by atoms with Gasteiger partial charge in [-0.2, -0.15) is 0 Å². The molecule has 0 saturated heterocycles. The SMILES string of the molecule is CCn1cnc(C(CC(=O)OC)c2ccc(C)c(CN3CC(C)Oc4ccccc4S3)c2)c1. The van der Waals surface area contributed by atoms with E-state index in [1.165, 1.54) is 18.2 Å². The fraction of sp³-hybridized carbons (Fsp3) is 0.385. The lowest BCUT2D eigenvalue weighted by atomic mass is 9.90. The minimum Gasteiger partial charge on any atom is -0.488 e. The van der Waals surface area contributed by atoms with E-state index in [-0.39, 0.29) is 24.4 Å². The van der Waals surface area contributed by atoms with Gasteiger partial charge in [0.15, 0.2) is 0 Å². The van der Waals surface area contributed by atoms with Gasteiger partial charge in [0.1, 0.15) is 11.9 Å².